The minimum atomic E-state index is 0.527. The summed E-state index contributed by atoms with van der Waals surface area (Å²) in [4.78, 5) is 2.42. The molecule has 1 heterocycles. The van der Waals surface area contributed by atoms with Crippen LogP contribution in [0.15, 0.2) is 24.3 Å². The van der Waals surface area contributed by atoms with Gasteiger partial charge in [-0.25, -0.2) is 0 Å². The number of nitrogens with one attached hydrogen (secondary N) is 1. The molecule has 1 N–H and O–H groups in total. The summed E-state index contributed by atoms with van der Waals surface area (Å²) in [7, 11) is 3.92. The molecular weight excluding hydrogens is 236 g/mol. The number of likely N-dealkylation sites (tertiary alicyclic amines) is 1. The Labute approximate surface area is 116 Å². The van der Waals surface area contributed by atoms with Crippen LogP contribution < -0.4 is 10.1 Å². The van der Waals surface area contributed by atoms with Crippen LogP contribution >= 0.6 is 0 Å². The van der Waals surface area contributed by atoms with Crippen molar-refractivity contribution in [1.29, 1.82) is 0 Å². The molecule has 3 heteroatoms. The molecule has 0 bridgehead atoms. The van der Waals surface area contributed by atoms with Gasteiger partial charge >= 0.3 is 0 Å². The second kappa shape index (κ2) is 6.92. The van der Waals surface area contributed by atoms with Crippen molar-refractivity contribution >= 4 is 0 Å². The number of rotatable bonds is 6. The van der Waals surface area contributed by atoms with Crippen molar-refractivity contribution in [2.24, 2.45) is 5.92 Å². The van der Waals surface area contributed by atoms with E-state index in [1.165, 1.54) is 25.1 Å². The molecule has 106 valence electrons. The second-order valence-corrected chi connectivity index (χ2v) is 5.78. The van der Waals surface area contributed by atoms with Gasteiger partial charge in [0, 0.05) is 12.6 Å². The third kappa shape index (κ3) is 4.51. The molecule has 0 radical (unpaired) electrons. The Hall–Kier alpha value is -1.06. The maximum atomic E-state index is 5.18. The maximum absolute atomic E-state index is 5.18. The second-order valence-electron chi connectivity index (χ2n) is 5.78. The Balaban J connectivity index is 1.72. The highest BCUT2D eigenvalue weighted by atomic mass is 16.5. The first-order valence-electron chi connectivity index (χ1n) is 7.22. The van der Waals surface area contributed by atoms with E-state index in [0.717, 1.165) is 24.6 Å². The van der Waals surface area contributed by atoms with E-state index in [1.54, 1.807) is 7.11 Å². The lowest BCUT2D eigenvalue weighted by Crippen LogP contribution is -2.33. The van der Waals surface area contributed by atoms with Gasteiger partial charge in [-0.3, -0.25) is 0 Å². The molecule has 0 saturated carbocycles. The first kappa shape index (κ1) is 14.4. The number of ether oxygens (including phenoxy) is 1. The average Bonchev–Trinajstić information content (AvgIpc) is 2.83. The standard InChI is InChI=1S/C16H26N2O/c1-13(17-11-15-8-9-18(2)12-15)10-14-4-6-16(19-3)7-5-14/h4-7,13,15,17H,8-12H2,1-3H3. The zero-order chi connectivity index (χ0) is 13.7. The van der Waals surface area contributed by atoms with Crippen molar-refractivity contribution in [1.82, 2.24) is 10.2 Å². The molecular formula is C16H26N2O. The summed E-state index contributed by atoms with van der Waals surface area (Å²) in [6, 6.07) is 8.90. The first-order valence-corrected chi connectivity index (χ1v) is 7.22. The molecule has 2 atom stereocenters. The van der Waals surface area contributed by atoms with Crippen molar-refractivity contribution < 1.29 is 4.74 Å². The van der Waals surface area contributed by atoms with Gasteiger partial charge in [0.15, 0.2) is 0 Å². The minimum absolute atomic E-state index is 0.527. The largest absolute Gasteiger partial charge is 0.497 e. The van der Waals surface area contributed by atoms with E-state index in [4.69, 9.17) is 4.74 Å². The molecule has 1 aliphatic heterocycles. The van der Waals surface area contributed by atoms with Crippen LogP contribution in [-0.4, -0.2) is 44.7 Å². The Kier molecular flexibility index (Phi) is 5.23. The Morgan fingerprint density at radius 3 is 2.68 bits per heavy atom. The van der Waals surface area contributed by atoms with Gasteiger partial charge in [0.25, 0.3) is 0 Å². The van der Waals surface area contributed by atoms with Gasteiger partial charge in [-0.1, -0.05) is 12.1 Å². The van der Waals surface area contributed by atoms with E-state index in [9.17, 15) is 0 Å². The van der Waals surface area contributed by atoms with Crippen molar-refractivity contribution in [3.8, 4) is 5.75 Å². The molecule has 1 aliphatic rings. The van der Waals surface area contributed by atoms with E-state index in [2.05, 4.69) is 36.3 Å². The van der Waals surface area contributed by atoms with Crippen molar-refractivity contribution in [2.45, 2.75) is 25.8 Å². The summed E-state index contributed by atoms with van der Waals surface area (Å²) in [6.45, 7) is 5.89. The van der Waals surface area contributed by atoms with E-state index in [1.807, 2.05) is 12.1 Å². The third-order valence-electron chi connectivity index (χ3n) is 3.94. The minimum Gasteiger partial charge on any atom is -0.497 e. The van der Waals surface area contributed by atoms with Crippen LogP contribution in [0.2, 0.25) is 0 Å². The lowest BCUT2D eigenvalue weighted by Gasteiger charge is -2.17. The Morgan fingerprint density at radius 1 is 1.37 bits per heavy atom. The highest BCUT2D eigenvalue weighted by Gasteiger charge is 2.19. The number of methoxy groups -OCH3 is 1. The van der Waals surface area contributed by atoms with Crippen molar-refractivity contribution in [2.75, 3.05) is 33.8 Å². The van der Waals surface area contributed by atoms with Crippen LogP contribution in [-0.2, 0) is 6.42 Å². The summed E-state index contributed by atoms with van der Waals surface area (Å²) >= 11 is 0. The predicted octanol–water partition coefficient (Wildman–Crippen LogP) is 2.17. The third-order valence-corrected chi connectivity index (χ3v) is 3.94. The molecule has 19 heavy (non-hydrogen) atoms. The summed E-state index contributed by atoms with van der Waals surface area (Å²) in [5, 5.41) is 3.66. The number of benzene rings is 1. The van der Waals surface area contributed by atoms with Gasteiger partial charge in [0.05, 0.1) is 7.11 Å². The molecule has 1 aromatic rings. The maximum Gasteiger partial charge on any atom is 0.118 e. The van der Waals surface area contributed by atoms with Gasteiger partial charge < -0.3 is 15.0 Å². The average molecular weight is 262 g/mol. The molecule has 1 saturated heterocycles. The molecule has 2 rings (SSSR count). The fourth-order valence-corrected chi connectivity index (χ4v) is 2.75. The molecule has 2 unspecified atom stereocenters. The van der Waals surface area contributed by atoms with E-state index < -0.39 is 0 Å². The van der Waals surface area contributed by atoms with Crippen LogP contribution in [0.3, 0.4) is 0 Å². The van der Waals surface area contributed by atoms with Crippen molar-refractivity contribution in [3.05, 3.63) is 29.8 Å². The fourth-order valence-electron chi connectivity index (χ4n) is 2.75. The topological polar surface area (TPSA) is 24.5 Å². The monoisotopic (exact) mass is 262 g/mol. The van der Waals surface area contributed by atoms with Gasteiger partial charge in [-0.05, 0) is 63.5 Å². The fraction of sp³-hybridized carbons (Fsp3) is 0.625. The predicted molar refractivity (Wildman–Crippen MR) is 79.8 cm³/mol. The smallest absolute Gasteiger partial charge is 0.118 e. The van der Waals surface area contributed by atoms with Crippen LogP contribution in [0.4, 0.5) is 0 Å². The van der Waals surface area contributed by atoms with Crippen molar-refractivity contribution in [3.63, 3.8) is 0 Å². The molecule has 1 fully saturated rings. The van der Waals surface area contributed by atoms with E-state index in [-0.39, 0.29) is 0 Å². The molecule has 1 aromatic carbocycles. The summed E-state index contributed by atoms with van der Waals surface area (Å²) < 4.78 is 5.18. The van der Waals surface area contributed by atoms with E-state index in [0.29, 0.717) is 6.04 Å². The molecule has 0 spiro atoms. The van der Waals surface area contributed by atoms with Gasteiger partial charge in [0.1, 0.15) is 5.75 Å². The molecule has 0 aromatic heterocycles. The molecule has 0 amide bonds. The summed E-state index contributed by atoms with van der Waals surface area (Å²) in [5.41, 5.74) is 1.37. The molecule has 0 aliphatic carbocycles. The molecule has 3 nitrogen and oxygen atoms in total. The zero-order valence-electron chi connectivity index (χ0n) is 12.4. The van der Waals surface area contributed by atoms with E-state index >= 15 is 0 Å². The van der Waals surface area contributed by atoms with Gasteiger partial charge in [-0.15, -0.1) is 0 Å². The van der Waals surface area contributed by atoms with Gasteiger partial charge in [0.2, 0.25) is 0 Å². The van der Waals surface area contributed by atoms with Gasteiger partial charge in [-0.2, -0.15) is 0 Å². The summed E-state index contributed by atoms with van der Waals surface area (Å²) in [5.74, 6) is 1.75. The first-order chi connectivity index (χ1) is 9.17. The van der Waals surface area contributed by atoms with Crippen LogP contribution in [0.25, 0.3) is 0 Å². The van der Waals surface area contributed by atoms with Crippen LogP contribution in [0, 0.1) is 5.92 Å². The summed E-state index contributed by atoms with van der Waals surface area (Å²) in [6.07, 6.45) is 2.41. The number of hydrogen-bond donors (Lipinski definition) is 1. The Bertz CT molecular complexity index is 377. The number of nitrogens with zero attached hydrogens (tertiary/aromatic N) is 1. The highest BCUT2D eigenvalue weighted by molar-refractivity contribution is 5.27. The highest BCUT2D eigenvalue weighted by Crippen LogP contribution is 2.15. The normalized spacial score (nSPS) is 21.5. The Morgan fingerprint density at radius 2 is 2.11 bits per heavy atom. The number of hydrogen-bond acceptors (Lipinski definition) is 3. The lowest BCUT2D eigenvalue weighted by molar-refractivity contribution is 0.380. The zero-order valence-corrected chi connectivity index (χ0v) is 12.4. The van der Waals surface area contributed by atoms with Crippen LogP contribution in [0.1, 0.15) is 18.9 Å². The SMILES string of the molecule is COc1ccc(CC(C)NCC2CCN(C)C2)cc1. The van der Waals surface area contributed by atoms with Crippen LogP contribution in [0.5, 0.6) is 5.75 Å². The lowest BCUT2D eigenvalue weighted by atomic mass is 10.1. The quantitative estimate of drug-likeness (QED) is 0.850.